The fourth-order valence-corrected chi connectivity index (χ4v) is 3.37. The number of aryl methyl sites for hydroxylation is 1. The molecule has 0 aliphatic heterocycles. The summed E-state index contributed by atoms with van der Waals surface area (Å²) in [5, 5.41) is 3.63. The van der Waals surface area contributed by atoms with Crippen molar-refractivity contribution in [1.82, 2.24) is 5.32 Å². The number of benzene rings is 1. The van der Waals surface area contributed by atoms with E-state index >= 15 is 0 Å². The van der Waals surface area contributed by atoms with E-state index in [0.717, 1.165) is 24.5 Å². The number of ether oxygens (including phenoxy) is 2. The summed E-state index contributed by atoms with van der Waals surface area (Å²) in [6.45, 7) is 9.87. The third kappa shape index (κ3) is 3.70. The van der Waals surface area contributed by atoms with Gasteiger partial charge < -0.3 is 14.8 Å². The lowest BCUT2D eigenvalue weighted by Crippen LogP contribution is -2.54. The van der Waals surface area contributed by atoms with Crippen molar-refractivity contribution in [2.75, 3.05) is 13.7 Å². The quantitative estimate of drug-likeness (QED) is 0.891. The molecule has 2 atom stereocenters. The maximum absolute atomic E-state index is 6.35. The maximum Gasteiger partial charge on any atom is 0.161 e. The van der Waals surface area contributed by atoms with Gasteiger partial charge in [-0.2, -0.15) is 0 Å². The molecule has 21 heavy (non-hydrogen) atoms. The van der Waals surface area contributed by atoms with Gasteiger partial charge in [0.2, 0.25) is 0 Å². The van der Waals surface area contributed by atoms with E-state index in [4.69, 9.17) is 9.47 Å². The molecule has 0 spiro atoms. The second-order valence-corrected chi connectivity index (χ2v) is 6.73. The molecule has 1 aromatic carbocycles. The first-order valence-corrected chi connectivity index (χ1v) is 8.02. The Labute approximate surface area is 129 Å². The van der Waals surface area contributed by atoms with Gasteiger partial charge in [-0.15, -0.1) is 0 Å². The zero-order chi connectivity index (χ0) is 15.5. The molecule has 3 nitrogen and oxygen atoms in total. The molecule has 1 aliphatic rings. The van der Waals surface area contributed by atoms with Crippen LogP contribution in [0, 0.1) is 12.3 Å². The van der Waals surface area contributed by atoms with E-state index in [1.807, 2.05) is 12.1 Å². The zero-order valence-electron chi connectivity index (χ0n) is 14.0. The fraction of sp³-hybridized carbons (Fsp3) is 0.667. The highest BCUT2D eigenvalue weighted by atomic mass is 16.5. The molecule has 2 rings (SSSR count). The molecule has 1 aliphatic carbocycles. The Bertz CT molecular complexity index is 470. The van der Waals surface area contributed by atoms with Crippen molar-refractivity contribution in [2.45, 2.75) is 59.1 Å². The van der Waals surface area contributed by atoms with E-state index in [9.17, 15) is 0 Å². The van der Waals surface area contributed by atoms with Crippen LogP contribution in [0.2, 0.25) is 0 Å². The van der Waals surface area contributed by atoms with E-state index in [2.05, 4.69) is 39.1 Å². The molecule has 0 bridgehead atoms. The lowest BCUT2D eigenvalue weighted by atomic mass is 9.71. The summed E-state index contributed by atoms with van der Waals surface area (Å²) in [6.07, 6.45) is 3.76. The number of hydrogen-bond donors (Lipinski definition) is 1. The van der Waals surface area contributed by atoms with Gasteiger partial charge in [-0.1, -0.05) is 26.8 Å². The third-order valence-corrected chi connectivity index (χ3v) is 4.54. The molecular formula is C18H29NO2. The van der Waals surface area contributed by atoms with Crippen LogP contribution in [0.15, 0.2) is 18.2 Å². The highest BCUT2D eigenvalue weighted by molar-refractivity contribution is 5.42. The molecule has 0 heterocycles. The Balaban J connectivity index is 2.20. The summed E-state index contributed by atoms with van der Waals surface area (Å²) in [7, 11) is 1.70. The molecule has 3 heteroatoms. The largest absolute Gasteiger partial charge is 0.493 e. The Morgan fingerprint density at radius 1 is 1.29 bits per heavy atom. The third-order valence-electron chi connectivity index (χ3n) is 4.54. The first-order valence-electron chi connectivity index (χ1n) is 8.02. The average Bonchev–Trinajstić information content (AvgIpc) is 2.44. The number of hydrogen-bond acceptors (Lipinski definition) is 3. The SMILES string of the molecule is CCNC1C(Oc2ccc(C)cc2OC)CCCC1(C)C. The summed E-state index contributed by atoms with van der Waals surface area (Å²) in [5.41, 5.74) is 1.45. The predicted octanol–water partition coefficient (Wildman–Crippen LogP) is 3.94. The Morgan fingerprint density at radius 2 is 2.05 bits per heavy atom. The van der Waals surface area contributed by atoms with Gasteiger partial charge in [0.1, 0.15) is 6.10 Å². The van der Waals surface area contributed by atoms with Gasteiger partial charge in [0.25, 0.3) is 0 Å². The van der Waals surface area contributed by atoms with Gasteiger partial charge >= 0.3 is 0 Å². The molecule has 1 aromatic rings. The van der Waals surface area contributed by atoms with Gasteiger partial charge in [0, 0.05) is 6.04 Å². The minimum absolute atomic E-state index is 0.199. The Morgan fingerprint density at radius 3 is 2.71 bits per heavy atom. The van der Waals surface area contributed by atoms with Crippen molar-refractivity contribution in [3.05, 3.63) is 23.8 Å². The van der Waals surface area contributed by atoms with Crippen LogP contribution >= 0.6 is 0 Å². The summed E-state index contributed by atoms with van der Waals surface area (Å²) in [6, 6.07) is 6.51. The lowest BCUT2D eigenvalue weighted by molar-refractivity contribution is 0.0356. The second kappa shape index (κ2) is 6.69. The maximum atomic E-state index is 6.35. The van der Waals surface area contributed by atoms with E-state index in [0.29, 0.717) is 6.04 Å². The molecule has 1 saturated carbocycles. The lowest BCUT2D eigenvalue weighted by Gasteiger charge is -2.44. The first kappa shape index (κ1) is 16.2. The summed E-state index contributed by atoms with van der Waals surface area (Å²) in [5.74, 6) is 1.68. The van der Waals surface area contributed by atoms with Crippen molar-refractivity contribution in [3.63, 3.8) is 0 Å². The first-order chi connectivity index (χ1) is 9.97. The molecule has 2 unspecified atom stereocenters. The van der Waals surface area contributed by atoms with Gasteiger partial charge in [0.05, 0.1) is 7.11 Å². The van der Waals surface area contributed by atoms with Gasteiger partial charge in [0.15, 0.2) is 11.5 Å². The summed E-state index contributed by atoms with van der Waals surface area (Å²) < 4.78 is 11.8. The highest BCUT2D eigenvalue weighted by Gasteiger charge is 2.40. The van der Waals surface area contributed by atoms with Gasteiger partial charge in [-0.3, -0.25) is 0 Å². The van der Waals surface area contributed by atoms with Crippen LogP contribution in [0.4, 0.5) is 0 Å². The van der Waals surface area contributed by atoms with E-state index < -0.39 is 0 Å². The smallest absolute Gasteiger partial charge is 0.161 e. The zero-order valence-corrected chi connectivity index (χ0v) is 14.0. The monoisotopic (exact) mass is 291 g/mol. The molecule has 118 valence electrons. The van der Waals surface area contributed by atoms with Crippen LogP contribution in [0.1, 0.15) is 45.6 Å². The minimum atomic E-state index is 0.199. The summed E-state index contributed by atoms with van der Waals surface area (Å²) >= 11 is 0. The predicted molar refractivity (Wildman–Crippen MR) is 87.2 cm³/mol. The van der Waals surface area contributed by atoms with Crippen molar-refractivity contribution >= 4 is 0 Å². The van der Waals surface area contributed by atoms with Crippen LogP contribution in [-0.4, -0.2) is 25.8 Å². The van der Waals surface area contributed by atoms with Crippen molar-refractivity contribution in [1.29, 1.82) is 0 Å². The van der Waals surface area contributed by atoms with Crippen LogP contribution in [0.3, 0.4) is 0 Å². The molecule has 1 N–H and O–H groups in total. The highest BCUT2D eigenvalue weighted by Crippen LogP contribution is 2.39. The minimum Gasteiger partial charge on any atom is -0.493 e. The molecule has 0 aromatic heterocycles. The molecule has 0 radical (unpaired) electrons. The molecule has 0 saturated heterocycles. The van der Waals surface area contributed by atoms with E-state index in [1.165, 1.54) is 18.4 Å². The number of methoxy groups -OCH3 is 1. The standard InChI is InChI=1S/C18H29NO2/c1-6-19-17-15(8-7-11-18(17,3)4)21-14-10-9-13(2)12-16(14)20-5/h9-10,12,15,17,19H,6-8,11H2,1-5H3. The van der Waals surface area contributed by atoms with Crippen molar-refractivity contribution in [3.8, 4) is 11.5 Å². The van der Waals surface area contributed by atoms with Crippen LogP contribution in [0.25, 0.3) is 0 Å². The topological polar surface area (TPSA) is 30.5 Å². The van der Waals surface area contributed by atoms with Crippen LogP contribution in [-0.2, 0) is 0 Å². The van der Waals surface area contributed by atoms with E-state index in [1.54, 1.807) is 7.11 Å². The second-order valence-electron chi connectivity index (χ2n) is 6.73. The van der Waals surface area contributed by atoms with Gasteiger partial charge in [-0.05, 0) is 55.8 Å². The number of rotatable bonds is 5. The van der Waals surface area contributed by atoms with Crippen molar-refractivity contribution in [2.24, 2.45) is 5.41 Å². The number of nitrogens with one attached hydrogen (secondary N) is 1. The van der Waals surface area contributed by atoms with Gasteiger partial charge in [-0.25, -0.2) is 0 Å². The Hall–Kier alpha value is -1.22. The average molecular weight is 291 g/mol. The summed E-state index contributed by atoms with van der Waals surface area (Å²) in [4.78, 5) is 0. The fourth-order valence-electron chi connectivity index (χ4n) is 3.37. The number of likely N-dealkylation sites (N-methyl/N-ethyl adjacent to an activating group) is 1. The molecule has 0 amide bonds. The molecule has 1 fully saturated rings. The van der Waals surface area contributed by atoms with Crippen molar-refractivity contribution < 1.29 is 9.47 Å². The molecular weight excluding hydrogens is 262 g/mol. The Kier molecular flexibility index (Phi) is 5.15. The van der Waals surface area contributed by atoms with E-state index in [-0.39, 0.29) is 11.5 Å². The van der Waals surface area contributed by atoms with Crippen LogP contribution in [0.5, 0.6) is 11.5 Å². The van der Waals surface area contributed by atoms with Crippen LogP contribution < -0.4 is 14.8 Å². The normalized spacial score (nSPS) is 24.6.